The zero-order valence-electron chi connectivity index (χ0n) is 12.4. The number of nitrogens with zero attached hydrogens (tertiary/aromatic N) is 4. The van der Waals surface area contributed by atoms with Crippen LogP contribution in [0.4, 0.5) is 0 Å². The SMILES string of the molecule is Cn1cc(C(=O)NC[C@H](c2ccoc2)N2CCSCC2)nn1. The molecule has 1 aliphatic heterocycles. The lowest BCUT2D eigenvalue weighted by atomic mass is 10.1. The molecule has 3 rings (SSSR count). The number of rotatable bonds is 5. The minimum atomic E-state index is -0.201. The van der Waals surface area contributed by atoms with Gasteiger partial charge in [-0.1, -0.05) is 5.21 Å². The number of carbonyl (C=O) groups is 1. The van der Waals surface area contributed by atoms with Gasteiger partial charge in [-0.05, 0) is 6.07 Å². The first kappa shape index (κ1) is 15.1. The standard InChI is InChI=1S/C14H19N5O2S/c1-18-9-12(16-17-18)14(20)15-8-13(11-2-5-21-10-11)19-3-6-22-7-4-19/h2,5,9-10,13H,3-4,6-8H2,1H3,(H,15,20)/t13-/m1/s1. The molecule has 0 unspecified atom stereocenters. The molecular formula is C14H19N5O2S. The first-order chi connectivity index (χ1) is 10.7. The minimum Gasteiger partial charge on any atom is -0.472 e. The summed E-state index contributed by atoms with van der Waals surface area (Å²) in [6.07, 6.45) is 5.03. The lowest BCUT2D eigenvalue weighted by molar-refractivity contribution is 0.0929. The van der Waals surface area contributed by atoms with E-state index in [1.165, 1.54) is 4.68 Å². The molecule has 2 aromatic heterocycles. The molecule has 1 aliphatic rings. The van der Waals surface area contributed by atoms with Crippen LogP contribution in [0.1, 0.15) is 22.1 Å². The van der Waals surface area contributed by atoms with Gasteiger partial charge in [0.05, 0.1) is 24.8 Å². The Labute approximate surface area is 133 Å². The second-order valence-electron chi connectivity index (χ2n) is 5.21. The van der Waals surface area contributed by atoms with Crippen LogP contribution < -0.4 is 5.32 Å². The van der Waals surface area contributed by atoms with Gasteiger partial charge in [0.1, 0.15) is 0 Å². The highest BCUT2D eigenvalue weighted by atomic mass is 32.2. The fourth-order valence-electron chi connectivity index (χ4n) is 2.54. The van der Waals surface area contributed by atoms with E-state index < -0.39 is 0 Å². The fraction of sp³-hybridized carbons (Fsp3) is 0.500. The van der Waals surface area contributed by atoms with Crippen LogP contribution in [0.5, 0.6) is 0 Å². The van der Waals surface area contributed by atoms with Crippen molar-refractivity contribution in [2.24, 2.45) is 7.05 Å². The van der Waals surface area contributed by atoms with E-state index in [2.05, 4.69) is 20.5 Å². The van der Waals surface area contributed by atoms with Crippen LogP contribution in [-0.2, 0) is 7.05 Å². The number of carbonyl (C=O) groups excluding carboxylic acids is 1. The Bertz CT molecular complexity index is 607. The molecule has 8 heteroatoms. The van der Waals surface area contributed by atoms with Crippen molar-refractivity contribution in [2.75, 3.05) is 31.1 Å². The summed E-state index contributed by atoms with van der Waals surface area (Å²) in [6, 6.07) is 2.08. The Hall–Kier alpha value is -1.80. The first-order valence-corrected chi connectivity index (χ1v) is 8.38. The van der Waals surface area contributed by atoms with Gasteiger partial charge in [0.2, 0.25) is 0 Å². The quantitative estimate of drug-likeness (QED) is 0.883. The number of aryl methyl sites for hydroxylation is 1. The maximum atomic E-state index is 12.1. The predicted octanol–water partition coefficient (Wildman–Crippen LogP) is 0.928. The van der Waals surface area contributed by atoms with Crippen molar-refractivity contribution in [1.82, 2.24) is 25.2 Å². The Kier molecular flexibility index (Phi) is 4.79. The molecule has 118 valence electrons. The van der Waals surface area contributed by atoms with Crippen LogP contribution in [-0.4, -0.2) is 56.9 Å². The summed E-state index contributed by atoms with van der Waals surface area (Å²) in [5, 5.41) is 10.6. The van der Waals surface area contributed by atoms with Crippen LogP contribution in [0.2, 0.25) is 0 Å². The van der Waals surface area contributed by atoms with Crippen molar-refractivity contribution < 1.29 is 9.21 Å². The average molecular weight is 321 g/mol. The monoisotopic (exact) mass is 321 g/mol. The molecule has 1 fully saturated rings. The summed E-state index contributed by atoms with van der Waals surface area (Å²) >= 11 is 1.96. The van der Waals surface area contributed by atoms with Crippen LogP contribution in [0.15, 0.2) is 29.2 Å². The van der Waals surface area contributed by atoms with Gasteiger partial charge in [-0.25, -0.2) is 0 Å². The van der Waals surface area contributed by atoms with E-state index in [1.54, 1.807) is 25.8 Å². The normalized spacial score (nSPS) is 17.3. The number of amides is 1. The molecule has 0 spiro atoms. The Morgan fingerprint density at radius 2 is 2.32 bits per heavy atom. The molecule has 1 amide bonds. The van der Waals surface area contributed by atoms with E-state index in [0.717, 1.165) is 30.2 Å². The summed E-state index contributed by atoms with van der Waals surface area (Å²) in [6.45, 7) is 2.56. The Morgan fingerprint density at radius 1 is 1.50 bits per heavy atom. The predicted molar refractivity (Wildman–Crippen MR) is 83.7 cm³/mol. The maximum Gasteiger partial charge on any atom is 0.273 e. The number of hydrogen-bond donors (Lipinski definition) is 1. The molecule has 1 atom stereocenters. The van der Waals surface area contributed by atoms with Crippen molar-refractivity contribution in [1.29, 1.82) is 0 Å². The summed E-state index contributed by atoms with van der Waals surface area (Å²) in [5.41, 5.74) is 1.42. The molecule has 0 saturated carbocycles. The fourth-order valence-corrected chi connectivity index (χ4v) is 3.47. The average Bonchev–Trinajstić information content (AvgIpc) is 3.20. The molecule has 0 aliphatic carbocycles. The summed E-state index contributed by atoms with van der Waals surface area (Å²) in [4.78, 5) is 14.5. The zero-order chi connectivity index (χ0) is 15.4. The molecule has 7 nitrogen and oxygen atoms in total. The molecule has 1 N–H and O–H groups in total. The van der Waals surface area contributed by atoms with Crippen molar-refractivity contribution >= 4 is 17.7 Å². The lowest BCUT2D eigenvalue weighted by Crippen LogP contribution is -2.42. The molecule has 2 aromatic rings. The van der Waals surface area contributed by atoms with E-state index in [1.807, 2.05) is 17.8 Å². The third-order valence-corrected chi connectivity index (χ3v) is 4.65. The lowest BCUT2D eigenvalue weighted by Gasteiger charge is -2.33. The van der Waals surface area contributed by atoms with E-state index in [9.17, 15) is 4.79 Å². The highest BCUT2D eigenvalue weighted by Crippen LogP contribution is 2.24. The number of hydrogen-bond acceptors (Lipinski definition) is 6. The Balaban J connectivity index is 1.66. The van der Waals surface area contributed by atoms with Crippen LogP contribution in [0.25, 0.3) is 0 Å². The largest absolute Gasteiger partial charge is 0.472 e. The van der Waals surface area contributed by atoms with Crippen molar-refractivity contribution in [3.63, 3.8) is 0 Å². The highest BCUT2D eigenvalue weighted by molar-refractivity contribution is 7.99. The molecule has 3 heterocycles. The van der Waals surface area contributed by atoms with Gasteiger partial charge in [-0.2, -0.15) is 11.8 Å². The topological polar surface area (TPSA) is 76.2 Å². The second kappa shape index (κ2) is 6.97. The smallest absolute Gasteiger partial charge is 0.273 e. The van der Waals surface area contributed by atoms with Gasteiger partial charge >= 0.3 is 0 Å². The highest BCUT2D eigenvalue weighted by Gasteiger charge is 2.24. The summed E-state index contributed by atoms with van der Waals surface area (Å²) in [7, 11) is 1.74. The van der Waals surface area contributed by atoms with E-state index in [0.29, 0.717) is 12.2 Å². The van der Waals surface area contributed by atoms with Gasteiger partial charge in [-0.15, -0.1) is 5.10 Å². The third kappa shape index (κ3) is 3.50. The number of nitrogens with one attached hydrogen (secondary N) is 1. The molecule has 1 saturated heterocycles. The molecule has 0 aromatic carbocycles. The maximum absolute atomic E-state index is 12.1. The van der Waals surface area contributed by atoms with Crippen LogP contribution in [0.3, 0.4) is 0 Å². The van der Waals surface area contributed by atoms with Crippen molar-refractivity contribution in [3.8, 4) is 0 Å². The minimum absolute atomic E-state index is 0.125. The molecular weight excluding hydrogens is 302 g/mol. The van der Waals surface area contributed by atoms with Crippen LogP contribution in [0, 0.1) is 0 Å². The van der Waals surface area contributed by atoms with Gasteiger partial charge in [0.15, 0.2) is 5.69 Å². The Morgan fingerprint density at radius 3 is 2.95 bits per heavy atom. The van der Waals surface area contributed by atoms with E-state index >= 15 is 0 Å². The summed E-state index contributed by atoms with van der Waals surface area (Å²) in [5.74, 6) is 2.03. The second-order valence-corrected chi connectivity index (χ2v) is 6.43. The van der Waals surface area contributed by atoms with Gasteiger partial charge < -0.3 is 9.73 Å². The van der Waals surface area contributed by atoms with Gasteiger partial charge in [-0.3, -0.25) is 14.4 Å². The first-order valence-electron chi connectivity index (χ1n) is 7.22. The molecule has 22 heavy (non-hydrogen) atoms. The van der Waals surface area contributed by atoms with Crippen molar-refractivity contribution in [3.05, 3.63) is 36.0 Å². The zero-order valence-corrected chi connectivity index (χ0v) is 13.3. The molecule has 0 bridgehead atoms. The van der Waals surface area contributed by atoms with E-state index in [-0.39, 0.29) is 11.9 Å². The molecule has 0 radical (unpaired) electrons. The van der Waals surface area contributed by atoms with Gasteiger partial charge in [0.25, 0.3) is 5.91 Å². The third-order valence-electron chi connectivity index (χ3n) is 3.71. The number of aromatic nitrogens is 3. The van der Waals surface area contributed by atoms with Crippen LogP contribution >= 0.6 is 11.8 Å². The van der Waals surface area contributed by atoms with Gasteiger partial charge in [0, 0.05) is 43.8 Å². The summed E-state index contributed by atoms with van der Waals surface area (Å²) < 4.78 is 6.73. The number of furan rings is 1. The van der Waals surface area contributed by atoms with Crippen molar-refractivity contribution in [2.45, 2.75) is 6.04 Å². The number of thioether (sulfide) groups is 1. The van der Waals surface area contributed by atoms with E-state index in [4.69, 9.17) is 4.42 Å².